The number of aliphatic hydroxyl groups excluding tert-OH is 1. The fraction of sp³-hybridized carbons (Fsp3) is 0.200. The Bertz CT molecular complexity index is 1190. The molecule has 0 bridgehead atoms. The number of aliphatic imine (C=N–C) groups is 2. The summed E-state index contributed by atoms with van der Waals surface area (Å²) in [5.41, 5.74) is 2.01. The molecule has 5 rings (SSSR count). The lowest BCUT2D eigenvalue weighted by Crippen LogP contribution is -2.36. The van der Waals surface area contributed by atoms with Gasteiger partial charge in [0.2, 0.25) is 5.82 Å². The molecule has 1 aromatic carbocycles. The van der Waals surface area contributed by atoms with Crippen LogP contribution in [0.3, 0.4) is 0 Å². The van der Waals surface area contributed by atoms with Crippen LogP contribution >= 0.6 is 0 Å². The Labute approximate surface area is 176 Å². The minimum Gasteiger partial charge on any atom is -0.507 e. The van der Waals surface area contributed by atoms with Crippen molar-refractivity contribution in [1.82, 2.24) is 30.5 Å². The van der Waals surface area contributed by atoms with E-state index in [1.807, 2.05) is 11.0 Å². The molecule has 0 spiro atoms. The Balaban J connectivity index is 1.56. The van der Waals surface area contributed by atoms with Crippen LogP contribution < -0.4 is 9.47 Å². The number of aromatic nitrogens is 5. The predicted molar refractivity (Wildman–Crippen MR) is 112 cm³/mol. The van der Waals surface area contributed by atoms with Gasteiger partial charge in [-0.05, 0) is 24.3 Å². The molecule has 0 saturated heterocycles. The summed E-state index contributed by atoms with van der Waals surface area (Å²) < 4.78 is 11.5. The van der Waals surface area contributed by atoms with E-state index < -0.39 is 0 Å². The molecule has 0 saturated carbocycles. The highest BCUT2D eigenvalue weighted by Gasteiger charge is 2.32. The average Bonchev–Trinajstić information content (AvgIpc) is 3.50. The molecular weight excluding hydrogens is 400 g/mol. The van der Waals surface area contributed by atoms with Crippen LogP contribution in [0.5, 0.6) is 11.5 Å². The molecule has 0 aliphatic carbocycles. The number of aliphatic hydroxyl groups is 1. The molecule has 3 aromatic rings. The number of rotatable bonds is 6. The van der Waals surface area contributed by atoms with Crippen molar-refractivity contribution in [3.8, 4) is 11.5 Å². The van der Waals surface area contributed by atoms with Crippen LogP contribution in [0, 0.1) is 0 Å². The normalized spacial score (nSPS) is 15.1. The maximum absolute atomic E-state index is 10.6. The first-order valence-corrected chi connectivity index (χ1v) is 9.53. The summed E-state index contributed by atoms with van der Waals surface area (Å²) in [6.45, 7) is 1.42. The summed E-state index contributed by atoms with van der Waals surface area (Å²) in [7, 11) is 1.55. The Hall–Kier alpha value is -4.28. The largest absolute Gasteiger partial charge is 0.507 e. The molecule has 2 aliphatic rings. The molecule has 2 aliphatic heterocycles. The van der Waals surface area contributed by atoms with Crippen LogP contribution in [0.15, 0.2) is 52.7 Å². The topological polar surface area (TPSA) is 134 Å². The molecule has 156 valence electrons. The van der Waals surface area contributed by atoms with Gasteiger partial charge >= 0.3 is 0 Å². The van der Waals surface area contributed by atoms with Crippen molar-refractivity contribution in [3.05, 3.63) is 59.7 Å². The molecule has 11 nitrogen and oxygen atoms in total. The molecule has 31 heavy (non-hydrogen) atoms. The number of methoxy groups -OCH3 is 1. The maximum atomic E-state index is 10.6. The van der Waals surface area contributed by atoms with E-state index in [-0.39, 0.29) is 12.4 Å². The molecule has 0 amide bonds. The van der Waals surface area contributed by atoms with Crippen LogP contribution in [0.1, 0.15) is 17.0 Å². The number of amidine groups is 2. The van der Waals surface area contributed by atoms with Gasteiger partial charge in [-0.1, -0.05) is 5.21 Å². The lowest BCUT2D eigenvalue weighted by Gasteiger charge is -2.27. The first-order valence-electron chi connectivity index (χ1n) is 9.53. The summed E-state index contributed by atoms with van der Waals surface area (Å²) in [5, 5.41) is 24.3. The van der Waals surface area contributed by atoms with Gasteiger partial charge in [0.05, 0.1) is 13.7 Å². The number of aromatic amines is 1. The van der Waals surface area contributed by atoms with Crippen molar-refractivity contribution in [2.45, 2.75) is 6.61 Å². The minimum atomic E-state index is 0.0602. The van der Waals surface area contributed by atoms with Crippen molar-refractivity contribution >= 4 is 23.1 Å². The highest BCUT2D eigenvalue weighted by molar-refractivity contribution is 6.20. The minimum absolute atomic E-state index is 0.0602. The number of H-pyrrole nitrogens is 1. The third-order valence-corrected chi connectivity index (χ3v) is 4.85. The van der Waals surface area contributed by atoms with E-state index in [9.17, 15) is 5.11 Å². The third-order valence-electron chi connectivity index (χ3n) is 4.85. The molecule has 0 atom stereocenters. The summed E-state index contributed by atoms with van der Waals surface area (Å²) in [5.74, 6) is 2.75. The van der Waals surface area contributed by atoms with E-state index in [1.54, 1.807) is 43.8 Å². The van der Waals surface area contributed by atoms with Crippen molar-refractivity contribution in [1.29, 1.82) is 0 Å². The highest BCUT2D eigenvalue weighted by atomic mass is 16.5. The van der Waals surface area contributed by atoms with Crippen LogP contribution in [-0.4, -0.2) is 67.5 Å². The number of benzene rings is 1. The van der Waals surface area contributed by atoms with E-state index in [1.165, 1.54) is 0 Å². The Morgan fingerprint density at radius 2 is 2.26 bits per heavy atom. The fourth-order valence-electron chi connectivity index (χ4n) is 3.45. The van der Waals surface area contributed by atoms with E-state index >= 15 is 0 Å². The van der Waals surface area contributed by atoms with Gasteiger partial charge < -0.3 is 19.5 Å². The number of nitrogens with one attached hydrogen (secondary N) is 1. The summed E-state index contributed by atoms with van der Waals surface area (Å²) in [6, 6.07) is 7.24. The Morgan fingerprint density at radius 1 is 1.32 bits per heavy atom. The van der Waals surface area contributed by atoms with E-state index in [4.69, 9.17) is 14.5 Å². The smallest absolute Gasteiger partial charge is 0.211 e. The van der Waals surface area contributed by atoms with Gasteiger partial charge in [-0.15, -0.1) is 10.2 Å². The second kappa shape index (κ2) is 7.86. The van der Waals surface area contributed by atoms with Crippen LogP contribution in [-0.2, 0) is 6.61 Å². The second-order valence-electron chi connectivity index (χ2n) is 6.71. The molecule has 11 heteroatoms. The zero-order valence-corrected chi connectivity index (χ0v) is 16.6. The first-order chi connectivity index (χ1) is 15.2. The Kier molecular flexibility index (Phi) is 4.75. The number of pyridine rings is 1. The quantitative estimate of drug-likeness (QED) is 0.580. The lowest BCUT2D eigenvalue weighted by molar-refractivity contribution is 0.277. The summed E-state index contributed by atoms with van der Waals surface area (Å²) in [6.07, 6.45) is 4.84. The van der Waals surface area contributed by atoms with E-state index in [2.05, 4.69) is 30.6 Å². The van der Waals surface area contributed by atoms with Crippen LogP contribution in [0.4, 0.5) is 5.69 Å². The van der Waals surface area contributed by atoms with Gasteiger partial charge in [-0.25, -0.2) is 4.99 Å². The lowest BCUT2D eigenvalue weighted by atomic mass is 10.1. The summed E-state index contributed by atoms with van der Waals surface area (Å²) in [4.78, 5) is 15.4. The molecular formula is C20H18N8O3. The zero-order chi connectivity index (χ0) is 21.2. The SMILES string of the molecule is COc1c(OCc2nn[nH]n2)ccc2c1N=C(/C=C(\O)c1cccnc1)N1CCN=C21. The number of hydrogen-bond donors (Lipinski definition) is 2. The molecule has 0 fully saturated rings. The monoisotopic (exact) mass is 418 g/mol. The third kappa shape index (κ3) is 3.45. The molecule has 0 unspecified atom stereocenters. The predicted octanol–water partition coefficient (Wildman–Crippen LogP) is 1.89. The number of ether oxygens (including phenoxy) is 2. The van der Waals surface area contributed by atoms with Crippen molar-refractivity contribution in [2.24, 2.45) is 9.98 Å². The van der Waals surface area contributed by atoms with E-state index in [0.717, 1.165) is 11.4 Å². The first kappa shape index (κ1) is 18.7. The van der Waals surface area contributed by atoms with Crippen LogP contribution in [0.2, 0.25) is 0 Å². The molecule has 2 aromatic heterocycles. The Morgan fingerprint density at radius 3 is 3.03 bits per heavy atom. The van der Waals surface area contributed by atoms with Crippen molar-refractivity contribution in [3.63, 3.8) is 0 Å². The van der Waals surface area contributed by atoms with Gasteiger partial charge in [-0.2, -0.15) is 5.21 Å². The molecule has 2 N–H and O–H groups in total. The zero-order valence-electron chi connectivity index (χ0n) is 16.6. The maximum Gasteiger partial charge on any atom is 0.211 e. The number of fused-ring (bicyclic) bond motifs is 3. The van der Waals surface area contributed by atoms with Crippen LogP contribution in [0.25, 0.3) is 5.76 Å². The highest BCUT2D eigenvalue weighted by Crippen LogP contribution is 2.43. The molecule has 0 radical (unpaired) electrons. The van der Waals surface area contributed by atoms with E-state index in [0.29, 0.717) is 47.5 Å². The number of tetrazole rings is 1. The van der Waals surface area contributed by atoms with Gasteiger partial charge in [0.15, 0.2) is 18.1 Å². The number of nitrogens with zero attached hydrogens (tertiary/aromatic N) is 7. The number of hydrogen-bond acceptors (Lipinski definition) is 10. The molecule has 4 heterocycles. The standard InChI is InChI=1S/C20H18N8O3/c1-30-19-15(31-11-16-24-26-27-25-16)5-4-13-18(19)23-17(28-8-7-22-20(13)28)9-14(29)12-3-2-6-21-10-12/h2-6,9-10,29H,7-8,11H2,1H3,(H,24,25,26,27)/b14-9-. The van der Waals surface area contributed by atoms with Crippen molar-refractivity contribution < 1.29 is 14.6 Å². The van der Waals surface area contributed by atoms with Gasteiger partial charge in [0.1, 0.15) is 23.1 Å². The average molecular weight is 418 g/mol. The summed E-state index contributed by atoms with van der Waals surface area (Å²) >= 11 is 0. The second-order valence-corrected chi connectivity index (χ2v) is 6.71. The fourth-order valence-corrected chi connectivity index (χ4v) is 3.45. The van der Waals surface area contributed by atoms with Gasteiger partial charge in [-0.3, -0.25) is 9.98 Å². The van der Waals surface area contributed by atoms with Gasteiger partial charge in [0.25, 0.3) is 0 Å². The van der Waals surface area contributed by atoms with Crippen molar-refractivity contribution in [2.75, 3.05) is 20.2 Å². The van der Waals surface area contributed by atoms with Gasteiger partial charge in [0, 0.05) is 36.1 Å².